The van der Waals surface area contributed by atoms with E-state index in [1.165, 1.54) is 24.3 Å². The zero-order valence-electron chi connectivity index (χ0n) is 21.5. The van der Waals surface area contributed by atoms with E-state index in [0.717, 1.165) is 29.8 Å². The van der Waals surface area contributed by atoms with Crippen LogP contribution in [0, 0.1) is 11.6 Å². The lowest BCUT2D eigenvalue weighted by Crippen LogP contribution is -2.58. The lowest BCUT2D eigenvalue weighted by molar-refractivity contribution is 0.00715. The van der Waals surface area contributed by atoms with Crippen LogP contribution >= 0.6 is 0 Å². The summed E-state index contributed by atoms with van der Waals surface area (Å²) in [5.41, 5.74) is 2.64. The van der Waals surface area contributed by atoms with Gasteiger partial charge < -0.3 is 5.11 Å². The first kappa shape index (κ1) is 27.6. The molecular formula is C30H36F2N2O2S. The van der Waals surface area contributed by atoms with Gasteiger partial charge in [0.05, 0.1) is 11.4 Å². The summed E-state index contributed by atoms with van der Waals surface area (Å²) >= 11 is 0. The Morgan fingerprint density at radius 2 is 1.38 bits per heavy atom. The summed E-state index contributed by atoms with van der Waals surface area (Å²) in [6.07, 6.45) is 0.201. The summed E-state index contributed by atoms with van der Waals surface area (Å²) in [6, 6.07) is 22.7. The first-order chi connectivity index (χ1) is 17.8. The Morgan fingerprint density at radius 1 is 0.865 bits per heavy atom. The predicted molar refractivity (Wildman–Crippen MR) is 146 cm³/mol. The van der Waals surface area contributed by atoms with Crippen molar-refractivity contribution in [1.82, 2.24) is 9.80 Å². The molecule has 4 nitrogen and oxygen atoms in total. The molecule has 2 unspecified atom stereocenters. The largest absolute Gasteiger partial charge is 0.391 e. The van der Waals surface area contributed by atoms with Crippen molar-refractivity contribution in [3.05, 3.63) is 107 Å². The van der Waals surface area contributed by atoms with Gasteiger partial charge in [0, 0.05) is 54.8 Å². The second kappa shape index (κ2) is 12.9. The molecule has 4 rings (SSSR count). The number of benzene rings is 3. The Hall–Kier alpha value is -2.45. The fraction of sp³-hybridized carbons (Fsp3) is 0.400. The minimum Gasteiger partial charge on any atom is -0.391 e. The minimum absolute atomic E-state index is 0.257. The van der Waals surface area contributed by atoms with E-state index in [2.05, 4.69) is 23.6 Å². The molecule has 1 saturated heterocycles. The third-order valence-corrected chi connectivity index (χ3v) is 8.79. The zero-order chi connectivity index (χ0) is 26.4. The van der Waals surface area contributed by atoms with Crippen molar-refractivity contribution in [3.63, 3.8) is 0 Å². The average Bonchev–Trinajstić information content (AvgIpc) is 2.88. The van der Waals surface area contributed by atoms with Gasteiger partial charge in [-0.3, -0.25) is 14.0 Å². The van der Waals surface area contributed by atoms with Gasteiger partial charge in [-0.25, -0.2) is 8.78 Å². The normalized spacial score (nSPS) is 20.7. The second-order valence-corrected chi connectivity index (χ2v) is 11.7. The van der Waals surface area contributed by atoms with Crippen LogP contribution < -0.4 is 0 Å². The summed E-state index contributed by atoms with van der Waals surface area (Å²) in [5.74, 6) is -0.237. The number of halogens is 2. The smallest absolute Gasteiger partial charge is 0.123 e. The maximum absolute atomic E-state index is 13.6. The summed E-state index contributed by atoms with van der Waals surface area (Å²) in [5, 5.41) is 10.2. The molecule has 0 aliphatic carbocycles. The van der Waals surface area contributed by atoms with Crippen molar-refractivity contribution in [3.8, 4) is 0 Å². The number of hydrogen-bond acceptors (Lipinski definition) is 4. The highest BCUT2D eigenvalue weighted by Crippen LogP contribution is 2.29. The lowest BCUT2D eigenvalue weighted by Gasteiger charge is -2.45. The molecular weight excluding hydrogens is 490 g/mol. The van der Waals surface area contributed by atoms with Gasteiger partial charge in [0.1, 0.15) is 11.6 Å². The SMILES string of the molecule is C[C@@H]1CN(CCS(=O)C(c2ccc(F)cc2)c2ccc(F)cc2)C[C@H](C)N1CC(O)Cc1ccccc1. The van der Waals surface area contributed by atoms with E-state index in [0.29, 0.717) is 25.3 Å². The highest BCUT2D eigenvalue weighted by atomic mass is 32.2. The van der Waals surface area contributed by atoms with Crippen LogP contribution in [0.15, 0.2) is 78.9 Å². The van der Waals surface area contributed by atoms with Crippen molar-refractivity contribution in [2.24, 2.45) is 0 Å². The molecule has 37 heavy (non-hydrogen) atoms. The molecule has 1 fully saturated rings. The maximum atomic E-state index is 13.6. The summed E-state index contributed by atoms with van der Waals surface area (Å²) in [4.78, 5) is 4.70. The van der Waals surface area contributed by atoms with Crippen LogP contribution in [0.1, 0.15) is 35.8 Å². The van der Waals surface area contributed by atoms with E-state index in [1.54, 1.807) is 24.3 Å². The molecule has 0 aromatic heterocycles. The van der Waals surface area contributed by atoms with Crippen molar-refractivity contribution in [2.75, 3.05) is 31.9 Å². The van der Waals surface area contributed by atoms with Gasteiger partial charge in [-0.15, -0.1) is 0 Å². The Labute approximate surface area is 221 Å². The number of rotatable bonds is 10. The summed E-state index contributed by atoms with van der Waals surface area (Å²) in [7, 11) is -1.28. The molecule has 0 radical (unpaired) electrons. The van der Waals surface area contributed by atoms with Gasteiger partial charge in [-0.05, 0) is 61.2 Å². The fourth-order valence-electron chi connectivity index (χ4n) is 5.31. The van der Waals surface area contributed by atoms with Crippen LogP contribution in [0.5, 0.6) is 0 Å². The van der Waals surface area contributed by atoms with Gasteiger partial charge in [0.2, 0.25) is 0 Å². The third kappa shape index (κ3) is 7.54. The highest BCUT2D eigenvalue weighted by Gasteiger charge is 2.31. The third-order valence-electron chi connectivity index (χ3n) is 7.13. The van der Waals surface area contributed by atoms with Crippen LogP contribution in [0.25, 0.3) is 0 Å². The van der Waals surface area contributed by atoms with Crippen molar-refractivity contribution in [1.29, 1.82) is 0 Å². The molecule has 4 atom stereocenters. The number of nitrogens with zero attached hydrogens (tertiary/aromatic N) is 2. The number of β-amino-alcohol motifs (C(OH)–C–C–N with tert-alkyl or cyclic N) is 1. The molecule has 198 valence electrons. The highest BCUT2D eigenvalue weighted by molar-refractivity contribution is 7.85. The van der Waals surface area contributed by atoms with E-state index in [9.17, 15) is 18.1 Å². The van der Waals surface area contributed by atoms with E-state index in [4.69, 9.17) is 0 Å². The average molecular weight is 527 g/mol. The van der Waals surface area contributed by atoms with E-state index >= 15 is 0 Å². The van der Waals surface area contributed by atoms with Gasteiger partial charge in [0.15, 0.2) is 0 Å². The van der Waals surface area contributed by atoms with Gasteiger partial charge in [0.25, 0.3) is 0 Å². The molecule has 1 N–H and O–H groups in total. The van der Waals surface area contributed by atoms with Crippen molar-refractivity contribution < 1.29 is 18.1 Å². The first-order valence-corrected chi connectivity index (χ1v) is 14.3. The molecule has 7 heteroatoms. The van der Waals surface area contributed by atoms with Crippen LogP contribution in [0.4, 0.5) is 8.78 Å². The molecule has 0 spiro atoms. The first-order valence-electron chi connectivity index (χ1n) is 12.9. The van der Waals surface area contributed by atoms with Crippen molar-refractivity contribution >= 4 is 10.8 Å². The Balaban J connectivity index is 1.36. The van der Waals surface area contributed by atoms with E-state index < -0.39 is 22.2 Å². The molecule has 3 aromatic rings. The van der Waals surface area contributed by atoms with E-state index in [-0.39, 0.29) is 23.7 Å². The lowest BCUT2D eigenvalue weighted by atomic mass is 10.0. The molecule has 1 aliphatic heterocycles. The number of hydrogen-bond donors (Lipinski definition) is 1. The van der Waals surface area contributed by atoms with Crippen LogP contribution in [0.3, 0.4) is 0 Å². The number of aliphatic hydroxyl groups excluding tert-OH is 1. The van der Waals surface area contributed by atoms with Gasteiger partial charge in [-0.2, -0.15) is 0 Å². The topological polar surface area (TPSA) is 43.8 Å². The molecule has 1 aliphatic rings. The van der Waals surface area contributed by atoms with Gasteiger partial charge >= 0.3 is 0 Å². The van der Waals surface area contributed by atoms with Crippen LogP contribution in [-0.4, -0.2) is 69.2 Å². The van der Waals surface area contributed by atoms with Crippen molar-refractivity contribution in [2.45, 2.75) is 43.7 Å². The molecule has 0 bridgehead atoms. The summed E-state index contributed by atoms with van der Waals surface area (Å²) < 4.78 is 40.6. The monoisotopic (exact) mass is 526 g/mol. The van der Waals surface area contributed by atoms with E-state index in [1.807, 2.05) is 30.3 Å². The molecule has 1 heterocycles. The standard InChI is InChI=1S/C30H36F2N2O2S/c1-22-19-33(20-23(2)34(22)21-29(35)18-24-6-4-3-5-7-24)16-17-37(36)30(25-8-12-27(31)13-9-25)26-10-14-28(32)15-11-26/h3-15,22-23,29-30,35H,16-21H2,1-2H3/t22-,23+,29?,37?. The Bertz CT molecular complexity index is 1090. The fourth-order valence-corrected chi connectivity index (χ4v) is 6.91. The predicted octanol–water partition coefficient (Wildman–Crippen LogP) is 4.80. The van der Waals surface area contributed by atoms with Crippen LogP contribution in [0.2, 0.25) is 0 Å². The maximum Gasteiger partial charge on any atom is 0.123 e. The Morgan fingerprint density at radius 3 is 1.89 bits per heavy atom. The number of aliphatic hydroxyl groups is 1. The molecule has 0 saturated carbocycles. The minimum atomic E-state index is -1.28. The quantitative estimate of drug-likeness (QED) is 0.412. The molecule has 3 aromatic carbocycles. The Kier molecular flexibility index (Phi) is 9.60. The second-order valence-electron chi connectivity index (χ2n) is 10.1. The summed E-state index contributed by atoms with van der Waals surface area (Å²) in [6.45, 7) is 7.30. The molecule has 0 amide bonds. The van der Waals surface area contributed by atoms with Gasteiger partial charge in [-0.1, -0.05) is 54.6 Å². The van der Waals surface area contributed by atoms with Crippen LogP contribution in [-0.2, 0) is 17.2 Å². The number of piperazine rings is 1. The zero-order valence-corrected chi connectivity index (χ0v) is 22.3.